The molecule has 0 radical (unpaired) electrons. The molecule has 17 heavy (non-hydrogen) atoms. The van der Waals surface area contributed by atoms with Crippen molar-refractivity contribution in [3.05, 3.63) is 15.5 Å². The van der Waals surface area contributed by atoms with Crippen LogP contribution in [0, 0.1) is 0 Å². The van der Waals surface area contributed by atoms with Crippen molar-refractivity contribution >= 4 is 28.9 Å². The third-order valence-corrected chi connectivity index (χ3v) is 3.21. The molecule has 0 fully saturated rings. The normalized spacial score (nSPS) is 11.4. The lowest BCUT2D eigenvalue weighted by Crippen LogP contribution is -2.35. The molecule has 0 spiro atoms. The second kappa shape index (κ2) is 6.90. The van der Waals surface area contributed by atoms with E-state index in [2.05, 4.69) is 4.98 Å². The molecule has 0 amide bonds. The average Bonchev–Trinajstić information content (AvgIpc) is 2.59. The van der Waals surface area contributed by atoms with Crippen molar-refractivity contribution < 1.29 is 9.90 Å². The molecule has 1 N–H and O–H groups in total. The van der Waals surface area contributed by atoms with E-state index in [1.165, 1.54) is 11.3 Å². The van der Waals surface area contributed by atoms with E-state index in [0.29, 0.717) is 17.4 Å². The lowest BCUT2D eigenvalue weighted by molar-refractivity contribution is -0.138. The first kappa shape index (κ1) is 14.4. The molecule has 1 aromatic heterocycles. The van der Waals surface area contributed by atoms with Gasteiger partial charge in [0.25, 0.3) is 0 Å². The predicted molar refractivity (Wildman–Crippen MR) is 68.6 cm³/mol. The minimum absolute atomic E-state index is 0.0189. The van der Waals surface area contributed by atoms with Crippen molar-refractivity contribution in [3.8, 4) is 0 Å². The monoisotopic (exact) mass is 277 g/mol. The number of nitrogens with zero attached hydrogens (tertiary/aromatic N) is 3. The summed E-state index contributed by atoms with van der Waals surface area (Å²) in [5.74, 6) is -0.827. The molecule has 0 atom stereocenters. The van der Waals surface area contributed by atoms with Gasteiger partial charge in [-0.3, -0.25) is 9.69 Å². The Labute approximate surface area is 110 Å². The molecule has 1 aromatic rings. The van der Waals surface area contributed by atoms with Gasteiger partial charge in [0.2, 0.25) is 0 Å². The number of carboxylic acids is 1. The number of carboxylic acid groups (broad SMARTS) is 1. The molecule has 5 nitrogen and oxygen atoms in total. The minimum Gasteiger partial charge on any atom is -0.480 e. The van der Waals surface area contributed by atoms with Crippen LogP contribution in [0.15, 0.2) is 6.20 Å². The van der Waals surface area contributed by atoms with E-state index in [-0.39, 0.29) is 6.54 Å². The zero-order valence-corrected chi connectivity index (χ0v) is 11.5. The van der Waals surface area contributed by atoms with Crippen molar-refractivity contribution in [1.82, 2.24) is 14.8 Å². The molecule has 0 aliphatic carbocycles. The van der Waals surface area contributed by atoms with E-state index < -0.39 is 5.97 Å². The van der Waals surface area contributed by atoms with Gasteiger partial charge in [0.1, 0.15) is 9.34 Å². The second-order valence-electron chi connectivity index (χ2n) is 3.97. The molecular weight excluding hydrogens is 262 g/mol. The van der Waals surface area contributed by atoms with Crippen LogP contribution in [0.4, 0.5) is 0 Å². The molecule has 0 aromatic carbocycles. The minimum atomic E-state index is -0.827. The van der Waals surface area contributed by atoms with E-state index in [0.717, 1.165) is 11.6 Å². The number of thiazole rings is 1. The Kier molecular flexibility index (Phi) is 5.84. The van der Waals surface area contributed by atoms with Crippen LogP contribution in [0.3, 0.4) is 0 Å². The highest BCUT2D eigenvalue weighted by molar-refractivity contribution is 7.15. The quantitative estimate of drug-likeness (QED) is 0.813. The number of aliphatic carboxylic acids is 1. The van der Waals surface area contributed by atoms with Gasteiger partial charge in [-0.05, 0) is 14.1 Å². The van der Waals surface area contributed by atoms with Gasteiger partial charge < -0.3 is 10.0 Å². The van der Waals surface area contributed by atoms with Gasteiger partial charge in [-0.1, -0.05) is 11.6 Å². The molecule has 7 heteroatoms. The number of halogens is 1. The Balaban J connectivity index is 2.53. The maximum atomic E-state index is 10.8. The van der Waals surface area contributed by atoms with Crippen molar-refractivity contribution in [2.45, 2.75) is 6.54 Å². The van der Waals surface area contributed by atoms with Gasteiger partial charge in [0.15, 0.2) is 0 Å². The summed E-state index contributed by atoms with van der Waals surface area (Å²) in [5.41, 5.74) is 0. The first-order chi connectivity index (χ1) is 7.97. The summed E-state index contributed by atoms with van der Waals surface area (Å²) in [7, 11) is 3.92. The summed E-state index contributed by atoms with van der Waals surface area (Å²) in [4.78, 5) is 18.7. The van der Waals surface area contributed by atoms with Crippen LogP contribution in [0.5, 0.6) is 0 Å². The van der Waals surface area contributed by atoms with E-state index in [1.54, 1.807) is 6.20 Å². The van der Waals surface area contributed by atoms with Gasteiger partial charge >= 0.3 is 5.97 Å². The summed E-state index contributed by atoms with van der Waals surface area (Å²) >= 11 is 7.17. The van der Waals surface area contributed by atoms with Crippen molar-refractivity contribution in [2.24, 2.45) is 0 Å². The maximum Gasteiger partial charge on any atom is 0.317 e. The highest BCUT2D eigenvalue weighted by Crippen LogP contribution is 2.19. The van der Waals surface area contributed by atoms with E-state index in [1.807, 2.05) is 23.9 Å². The fraction of sp³-hybridized carbons (Fsp3) is 0.600. The lowest BCUT2D eigenvalue weighted by Gasteiger charge is -2.21. The lowest BCUT2D eigenvalue weighted by atomic mass is 10.4. The van der Waals surface area contributed by atoms with Crippen molar-refractivity contribution in [1.29, 1.82) is 0 Å². The number of aromatic nitrogens is 1. The fourth-order valence-corrected chi connectivity index (χ4v) is 2.30. The first-order valence-corrected chi connectivity index (χ1v) is 6.36. The molecule has 0 saturated carbocycles. The Morgan fingerprint density at radius 1 is 1.53 bits per heavy atom. The topological polar surface area (TPSA) is 56.7 Å². The zero-order valence-electron chi connectivity index (χ0n) is 9.89. The Bertz CT molecular complexity index is 370. The second-order valence-corrected chi connectivity index (χ2v) is 5.71. The number of rotatable bonds is 7. The van der Waals surface area contributed by atoms with Crippen LogP contribution in [0.25, 0.3) is 0 Å². The third-order valence-electron chi connectivity index (χ3n) is 2.11. The van der Waals surface area contributed by atoms with Crippen LogP contribution in [0.2, 0.25) is 4.34 Å². The first-order valence-electron chi connectivity index (χ1n) is 5.16. The number of hydrogen-bond donors (Lipinski definition) is 1. The highest BCUT2D eigenvalue weighted by Gasteiger charge is 2.12. The Hall–Kier alpha value is -0.690. The van der Waals surface area contributed by atoms with Gasteiger partial charge in [0, 0.05) is 13.1 Å². The maximum absolute atomic E-state index is 10.8. The molecule has 0 aliphatic heterocycles. The molecule has 0 saturated heterocycles. The summed E-state index contributed by atoms with van der Waals surface area (Å²) in [6, 6.07) is 0. The summed E-state index contributed by atoms with van der Waals surface area (Å²) < 4.78 is 0.628. The average molecular weight is 278 g/mol. The third kappa shape index (κ3) is 5.97. The van der Waals surface area contributed by atoms with Gasteiger partial charge in [-0.25, -0.2) is 4.98 Å². The van der Waals surface area contributed by atoms with E-state index in [4.69, 9.17) is 16.7 Å². The molecular formula is C10H16ClN3O2S. The summed E-state index contributed by atoms with van der Waals surface area (Å²) in [6.07, 6.45) is 1.59. The van der Waals surface area contributed by atoms with Crippen molar-refractivity contribution in [2.75, 3.05) is 33.7 Å². The van der Waals surface area contributed by atoms with Gasteiger partial charge in [0.05, 0.1) is 19.3 Å². The van der Waals surface area contributed by atoms with Crippen LogP contribution in [0.1, 0.15) is 5.01 Å². The van der Waals surface area contributed by atoms with Crippen molar-refractivity contribution in [3.63, 3.8) is 0 Å². The smallest absolute Gasteiger partial charge is 0.317 e. The Morgan fingerprint density at radius 3 is 2.71 bits per heavy atom. The fourth-order valence-electron chi connectivity index (χ4n) is 1.30. The standard InChI is InChI=1S/C10H16ClN3O2S/c1-13(2)3-4-14(7-10(15)16)6-9-12-5-8(11)17-9/h5H,3-4,6-7H2,1-2H3,(H,15,16). The number of likely N-dealkylation sites (N-methyl/N-ethyl adjacent to an activating group) is 1. The van der Waals surface area contributed by atoms with Gasteiger partial charge in [-0.15, -0.1) is 11.3 Å². The summed E-state index contributed by atoms with van der Waals surface area (Å²) in [6.45, 7) is 2.05. The highest BCUT2D eigenvalue weighted by atomic mass is 35.5. The van der Waals surface area contributed by atoms with E-state index in [9.17, 15) is 4.79 Å². The molecule has 1 heterocycles. The SMILES string of the molecule is CN(C)CCN(CC(=O)O)Cc1ncc(Cl)s1. The molecule has 0 unspecified atom stereocenters. The molecule has 0 bridgehead atoms. The largest absolute Gasteiger partial charge is 0.480 e. The predicted octanol–water partition coefficient (Wildman–Crippen LogP) is 1.24. The van der Waals surface area contributed by atoms with E-state index >= 15 is 0 Å². The summed E-state index contributed by atoms with van der Waals surface area (Å²) in [5, 5.41) is 9.68. The molecule has 1 rings (SSSR count). The van der Waals surface area contributed by atoms with Crippen LogP contribution >= 0.6 is 22.9 Å². The zero-order chi connectivity index (χ0) is 12.8. The number of hydrogen-bond acceptors (Lipinski definition) is 5. The van der Waals surface area contributed by atoms with Crippen LogP contribution in [-0.4, -0.2) is 59.6 Å². The Morgan fingerprint density at radius 2 is 2.24 bits per heavy atom. The molecule has 0 aliphatic rings. The molecule has 96 valence electrons. The number of carbonyl (C=O) groups is 1. The van der Waals surface area contributed by atoms with Gasteiger partial charge in [-0.2, -0.15) is 0 Å². The van der Waals surface area contributed by atoms with Crippen LogP contribution in [-0.2, 0) is 11.3 Å². The van der Waals surface area contributed by atoms with Crippen LogP contribution < -0.4 is 0 Å².